The Bertz CT molecular complexity index is 1600. The van der Waals surface area contributed by atoms with Crippen LogP contribution in [0, 0.1) is 5.82 Å². The van der Waals surface area contributed by atoms with Crippen molar-refractivity contribution >= 4 is 34.3 Å². The maximum absolute atomic E-state index is 15.3. The Morgan fingerprint density at radius 2 is 1.67 bits per heavy atom. The van der Waals surface area contributed by atoms with Gasteiger partial charge in [0, 0.05) is 74.5 Å². The van der Waals surface area contributed by atoms with Crippen molar-refractivity contribution in [3.63, 3.8) is 0 Å². The van der Waals surface area contributed by atoms with E-state index >= 15 is 4.39 Å². The van der Waals surface area contributed by atoms with Crippen molar-refractivity contribution in [1.29, 1.82) is 0 Å². The average molecular weight is 683 g/mol. The van der Waals surface area contributed by atoms with Crippen LogP contribution in [0.1, 0.15) is 18.2 Å². The lowest BCUT2D eigenvalue weighted by Gasteiger charge is -2.37. The number of methoxy groups -OCH3 is 1. The van der Waals surface area contributed by atoms with Crippen LogP contribution in [0.3, 0.4) is 0 Å². The lowest BCUT2D eigenvalue weighted by Crippen LogP contribution is -2.49. The number of benzene rings is 2. The third-order valence-electron chi connectivity index (χ3n) is 7.64. The zero-order valence-corrected chi connectivity index (χ0v) is 27.0. The highest BCUT2D eigenvalue weighted by atomic mass is 19.4. The highest BCUT2D eigenvalue weighted by Gasteiger charge is 2.38. The van der Waals surface area contributed by atoms with Crippen LogP contribution >= 0.6 is 0 Å². The van der Waals surface area contributed by atoms with Gasteiger partial charge in [0.2, 0.25) is 0 Å². The Balaban J connectivity index is 0.000000671. The van der Waals surface area contributed by atoms with E-state index in [1.807, 2.05) is 44.1 Å². The molecule has 3 aromatic rings. The summed E-state index contributed by atoms with van der Waals surface area (Å²) in [7, 11) is 5.46. The SMILES string of the molecule is COCOc1cc(N2CCc3c(nc(OC(C)CN(C)C)nc3N3CCN(C(=O)O)CC3)C2)c2ccccc2c1F.O=C(O)C(F)(F)F. The number of alkyl halides is 3. The van der Waals surface area contributed by atoms with Gasteiger partial charge in [0.15, 0.2) is 18.4 Å². The van der Waals surface area contributed by atoms with E-state index in [-0.39, 0.29) is 18.6 Å². The summed E-state index contributed by atoms with van der Waals surface area (Å²) in [6.07, 6.45) is -5.47. The van der Waals surface area contributed by atoms with Gasteiger partial charge >= 0.3 is 24.2 Å². The molecule has 3 heterocycles. The molecule has 0 aliphatic carbocycles. The topological polar surface area (TPSA) is 141 Å². The number of aromatic nitrogens is 2. The molecule has 1 saturated heterocycles. The van der Waals surface area contributed by atoms with Crippen LogP contribution in [-0.4, -0.2) is 122 Å². The minimum atomic E-state index is -5.08. The van der Waals surface area contributed by atoms with Crippen LogP contribution in [-0.2, 0) is 22.5 Å². The fourth-order valence-electron chi connectivity index (χ4n) is 5.53. The molecule has 0 saturated carbocycles. The lowest BCUT2D eigenvalue weighted by molar-refractivity contribution is -0.192. The van der Waals surface area contributed by atoms with Crippen LogP contribution in [0.15, 0.2) is 30.3 Å². The molecule has 2 aliphatic rings. The number of piperazine rings is 1. The van der Waals surface area contributed by atoms with Gasteiger partial charge in [-0.1, -0.05) is 24.3 Å². The number of carbonyl (C=O) groups is 2. The summed E-state index contributed by atoms with van der Waals surface area (Å²) < 4.78 is 63.8. The Hall–Kier alpha value is -4.64. The monoisotopic (exact) mass is 682 g/mol. The molecule has 0 bridgehead atoms. The summed E-state index contributed by atoms with van der Waals surface area (Å²) in [5.74, 6) is -2.26. The Morgan fingerprint density at radius 1 is 1.02 bits per heavy atom. The number of amides is 1. The van der Waals surface area contributed by atoms with Gasteiger partial charge in [0.05, 0.1) is 12.2 Å². The second-order valence-corrected chi connectivity index (χ2v) is 11.5. The van der Waals surface area contributed by atoms with Crippen molar-refractivity contribution in [2.24, 2.45) is 0 Å². The number of hydrogen-bond acceptors (Lipinski definition) is 10. The number of halogens is 4. The number of carboxylic acid groups (broad SMARTS) is 2. The Labute approximate surface area is 274 Å². The number of anilines is 2. The van der Waals surface area contributed by atoms with Crippen LogP contribution in [0.25, 0.3) is 10.8 Å². The highest BCUT2D eigenvalue weighted by molar-refractivity contribution is 5.96. The van der Waals surface area contributed by atoms with Gasteiger partial charge in [0.25, 0.3) is 0 Å². The summed E-state index contributed by atoms with van der Waals surface area (Å²) in [6, 6.07) is 9.39. The first-order valence-electron chi connectivity index (χ1n) is 15.0. The molecule has 1 unspecified atom stereocenters. The zero-order valence-electron chi connectivity index (χ0n) is 27.0. The van der Waals surface area contributed by atoms with Crippen LogP contribution < -0.4 is 19.3 Å². The van der Waals surface area contributed by atoms with E-state index in [0.29, 0.717) is 63.6 Å². The van der Waals surface area contributed by atoms with Gasteiger partial charge < -0.3 is 44.0 Å². The summed E-state index contributed by atoms with van der Waals surface area (Å²) in [4.78, 5) is 37.8. The molecule has 1 atom stereocenters. The maximum atomic E-state index is 15.3. The van der Waals surface area contributed by atoms with E-state index < -0.39 is 24.1 Å². The number of hydrogen-bond donors (Lipinski definition) is 2. The van der Waals surface area contributed by atoms with Gasteiger partial charge in [-0.25, -0.2) is 14.0 Å². The number of carboxylic acids is 1. The Morgan fingerprint density at radius 3 is 2.25 bits per heavy atom. The lowest BCUT2D eigenvalue weighted by atomic mass is 10.0. The minimum absolute atomic E-state index is 0.0604. The predicted octanol–water partition coefficient (Wildman–Crippen LogP) is 4.08. The van der Waals surface area contributed by atoms with Crippen LogP contribution in [0.2, 0.25) is 0 Å². The fraction of sp³-hybridized carbons (Fsp3) is 0.484. The molecule has 262 valence electrons. The minimum Gasteiger partial charge on any atom is -0.475 e. The predicted molar refractivity (Wildman–Crippen MR) is 167 cm³/mol. The smallest absolute Gasteiger partial charge is 0.475 e. The first-order valence-corrected chi connectivity index (χ1v) is 15.0. The van der Waals surface area contributed by atoms with E-state index in [9.17, 15) is 23.1 Å². The molecule has 1 aromatic heterocycles. The molecule has 0 radical (unpaired) electrons. The largest absolute Gasteiger partial charge is 0.490 e. The summed E-state index contributed by atoms with van der Waals surface area (Å²) in [6.45, 7) is 5.63. The number of fused-ring (bicyclic) bond motifs is 2. The molecule has 2 N–H and O–H groups in total. The molecule has 0 spiro atoms. The van der Waals surface area contributed by atoms with Crippen molar-refractivity contribution in [2.75, 3.05) is 77.1 Å². The molecular formula is C31H38F4N6O7. The van der Waals surface area contributed by atoms with Gasteiger partial charge in [-0.05, 0) is 27.4 Å². The molecule has 1 fully saturated rings. The van der Waals surface area contributed by atoms with Crippen LogP contribution in [0.5, 0.6) is 11.8 Å². The molecule has 17 heteroatoms. The summed E-state index contributed by atoms with van der Waals surface area (Å²) in [5, 5.41) is 17.8. The van der Waals surface area contributed by atoms with Gasteiger partial charge in [0.1, 0.15) is 11.9 Å². The van der Waals surface area contributed by atoms with E-state index in [0.717, 1.165) is 28.1 Å². The third kappa shape index (κ3) is 8.83. The highest BCUT2D eigenvalue weighted by Crippen LogP contribution is 2.38. The molecular weight excluding hydrogens is 644 g/mol. The Kier molecular flexibility index (Phi) is 11.7. The van der Waals surface area contributed by atoms with Gasteiger partial charge in [-0.2, -0.15) is 23.1 Å². The molecule has 5 rings (SSSR count). The van der Waals surface area contributed by atoms with Crippen molar-refractivity contribution in [3.8, 4) is 11.8 Å². The molecule has 1 amide bonds. The number of ether oxygens (including phenoxy) is 3. The van der Waals surface area contributed by atoms with Gasteiger partial charge in [-0.15, -0.1) is 0 Å². The van der Waals surface area contributed by atoms with Crippen molar-refractivity contribution in [2.45, 2.75) is 32.2 Å². The molecule has 2 aliphatic heterocycles. The number of likely N-dealkylation sites (N-methyl/N-ethyl adjacent to an activating group) is 1. The van der Waals surface area contributed by atoms with Gasteiger partial charge in [-0.3, -0.25) is 0 Å². The zero-order chi connectivity index (χ0) is 35.2. The van der Waals surface area contributed by atoms with Crippen LogP contribution in [0.4, 0.5) is 33.9 Å². The van der Waals surface area contributed by atoms with Crippen molar-refractivity contribution < 1.29 is 51.6 Å². The second-order valence-electron chi connectivity index (χ2n) is 11.5. The van der Waals surface area contributed by atoms with E-state index in [1.54, 1.807) is 12.1 Å². The third-order valence-corrected chi connectivity index (χ3v) is 7.64. The maximum Gasteiger partial charge on any atom is 0.490 e. The quantitative estimate of drug-likeness (QED) is 0.248. The van der Waals surface area contributed by atoms with E-state index in [4.69, 9.17) is 34.1 Å². The first kappa shape index (κ1) is 36.2. The van der Waals surface area contributed by atoms with E-state index in [1.165, 1.54) is 12.0 Å². The van der Waals surface area contributed by atoms with E-state index in [2.05, 4.69) is 9.80 Å². The number of rotatable bonds is 9. The number of nitrogens with zero attached hydrogens (tertiary/aromatic N) is 6. The molecule has 13 nitrogen and oxygen atoms in total. The second kappa shape index (κ2) is 15.5. The van der Waals surface area contributed by atoms with Crippen molar-refractivity contribution in [1.82, 2.24) is 19.8 Å². The summed E-state index contributed by atoms with van der Waals surface area (Å²) in [5.41, 5.74) is 2.71. The molecule has 2 aromatic carbocycles. The number of aliphatic carboxylic acids is 1. The fourth-order valence-corrected chi connectivity index (χ4v) is 5.53. The normalized spacial score (nSPS) is 15.5. The van der Waals surface area contributed by atoms with Crippen molar-refractivity contribution in [3.05, 3.63) is 47.4 Å². The standard InChI is InChI=1S/C29H37FN6O5.C2HF3O2/c1-19(16-33(2)3)41-28-31-23-17-36(10-9-22(23)27(32-28)34-11-13-35(14-12-34)29(37)38)24-15-25(40-18-39-4)26(30)21-8-6-5-7-20(21)24;3-2(4,5)1(6)7/h5-8,15,19H,9-14,16-18H2,1-4H3,(H,37,38);(H,6,7). The average Bonchev–Trinajstić information content (AvgIpc) is 3.03. The molecule has 48 heavy (non-hydrogen) atoms. The first-order chi connectivity index (χ1) is 22.7. The summed E-state index contributed by atoms with van der Waals surface area (Å²) >= 11 is 0.